The second-order valence-corrected chi connectivity index (χ2v) is 19.0. The van der Waals surface area contributed by atoms with Gasteiger partial charge in [-0.25, -0.2) is 18.7 Å². The summed E-state index contributed by atoms with van der Waals surface area (Å²) >= 11 is 10.4. The van der Waals surface area contributed by atoms with E-state index in [2.05, 4.69) is 40.5 Å². The summed E-state index contributed by atoms with van der Waals surface area (Å²) in [6, 6.07) is 0. The van der Waals surface area contributed by atoms with Gasteiger partial charge in [0.1, 0.15) is 24.4 Å². The van der Waals surface area contributed by atoms with Crippen LogP contribution in [0.25, 0.3) is 22.3 Å². The number of alkyl halides is 2. The van der Waals surface area contributed by atoms with Crippen LogP contribution in [0.5, 0.6) is 0 Å². The van der Waals surface area contributed by atoms with Gasteiger partial charge in [-0.05, 0) is 23.6 Å². The second-order valence-electron chi connectivity index (χ2n) is 13.5. The van der Waals surface area contributed by atoms with Crippen LogP contribution in [-0.2, 0) is 60.8 Å². The van der Waals surface area contributed by atoms with Gasteiger partial charge in [-0.2, -0.15) is 9.97 Å². The number of ether oxygens (including phenoxy) is 2. The second kappa shape index (κ2) is 15.3. The summed E-state index contributed by atoms with van der Waals surface area (Å²) in [6.45, 7) is -3.88. The predicted octanol–water partition coefficient (Wildman–Crippen LogP) is 1.16. The Kier molecular flexibility index (Phi) is 11.1. The molecule has 22 nitrogen and oxygen atoms in total. The Hall–Kier alpha value is -3.52. The molecule has 0 saturated carbocycles. The first-order chi connectivity index (χ1) is 26.3. The topological polar surface area (TPSA) is 281 Å². The first-order valence-corrected chi connectivity index (χ1v) is 22.0. The van der Waals surface area contributed by atoms with E-state index >= 15 is 8.78 Å². The number of hydrogen-bond donors (Lipinski definition) is 6. The van der Waals surface area contributed by atoms with Crippen LogP contribution in [0.1, 0.15) is 40.2 Å². The number of aromatic amines is 2. The molecule has 6 N–H and O–H groups in total. The van der Waals surface area contributed by atoms with Crippen LogP contribution in [0.15, 0.2) is 22.2 Å². The molecule has 304 valence electrons. The molecule has 28 heteroatoms. The van der Waals surface area contributed by atoms with Crippen molar-refractivity contribution >= 4 is 83.1 Å². The average Bonchev–Trinajstić information content (AvgIpc) is 3.87. The van der Waals surface area contributed by atoms with Crippen molar-refractivity contribution in [3.8, 4) is 0 Å². The summed E-state index contributed by atoms with van der Waals surface area (Å²) in [5, 5.41) is 4.90. The molecule has 7 rings (SSSR count). The normalized spacial score (nSPS) is 32.6. The minimum absolute atomic E-state index is 0.190. The van der Waals surface area contributed by atoms with Crippen molar-refractivity contribution in [2.75, 3.05) is 23.8 Å². The largest absolute Gasteiger partial charge is 0.346 e. The Bertz CT molecular complexity index is 2250. The number of hydrogen-bond acceptors (Lipinski definition) is 16. The molecule has 0 radical (unpaired) electrons. The fourth-order valence-corrected chi connectivity index (χ4v) is 8.80. The van der Waals surface area contributed by atoms with Crippen molar-refractivity contribution in [2.24, 2.45) is 11.8 Å². The highest BCUT2D eigenvalue weighted by atomic mass is 32.5. The van der Waals surface area contributed by atoms with Crippen molar-refractivity contribution in [1.82, 2.24) is 39.0 Å². The van der Waals surface area contributed by atoms with Crippen LogP contribution in [0.4, 0.5) is 20.7 Å². The number of nitrogens with one attached hydrogen (secondary N) is 4. The molecule has 56 heavy (non-hydrogen) atoms. The zero-order chi connectivity index (χ0) is 40.4. The fraction of sp³-hybridized carbons (Fsp3) is 0.571. The van der Waals surface area contributed by atoms with E-state index in [1.807, 2.05) is 0 Å². The Morgan fingerprint density at radius 3 is 1.52 bits per heavy atom. The van der Waals surface area contributed by atoms with Crippen molar-refractivity contribution in [3.63, 3.8) is 0 Å². The van der Waals surface area contributed by atoms with Gasteiger partial charge in [-0.3, -0.25) is 58.0 Å². The highest BCUT2D eigenvalue weighted by molar-refractivity contribution is 8.07. The lowest BCUT2D eigenvalue weighted by Crippen LogP contribution is -2.37. The maximum Gasteiger partial charge on any atom is 0.325 e. The Morgan fingerprint density at radius 2 is 1.16 bits per heavy atom. The molecule has 4 aromatic rings. The van der Waals surface area contributed by atoms with Gasteiger partial charge < -0.3 is 28.3 Å². The van der Waals surface area contributed by atoms with Gasteiger partial charge in [0.2, 0.25) is 23.7 Å². The van der Waals surface area contributed by atoms with E-state index in [0.717, 1.165) is 21.8 Å². The monoisotopic (exact) mass is 866 g/mol. The zero-order valence-corrected chi connectivity index (χ0v) is 32.9. The molecule has 7 heterocycles. The van der Waals surface area contributed by atoms with Gasteiger partial charge >= 0.3 is 13.4 Å². The van der Waals surface area contributed by atoms with Crippen LogP contribution in [0.3, 0.4) is 0 Å². The first kappa shape index (κ1) is 40.7. The molecule has 3 aliphatic heterocycles. The number of amides is 2. The summed E-state index contributed by atoms with van der Waals surface area (Å²) < 4.78 is 68.8. The van der Waals surface area contributed by atoms with Crippen LogP contribution >= 0.6 is 13.4 Å². The minimum atomic E-state index is -4.43. The number of halogens is 2. The Labute approximate surface area is 323 Å². The summed E-state index contributed by atoms with van der Waals surface area (Å²) in [4.78, 5) is 93.4. The summed E-state index contributed by atoms with van der Waals surface area (Å²) in [6.07, 6.45) is -12.0. The van der Waals surface area contributed by atoms with E-state index in [9.17, 15) is 29.0 Å². The molecule has 3 saturated heterocycles. The predicted molar refractivity (Wildman–Crippen MR) is 196 cm³/mol. The third-order valence-electron chi connectivity index (χ3n) is 8.79. The van der Waals surface area contributed by atoms with Gasteiger partial charge in [0, 0.05) is 11.8 Å². The van der Waals surface area contributed by atoms with E-state index in [-0.39, 0.29) is 34.2 Å². The maximum absolute atomic E-state index is 16.4. The summed E-state index contributed by atoms with van der Waals surface area (Å²) in [5.41, 5.74) is -2.34. The molecule has 0 aromatic carbocycles. The number of H-pyrrole nitrogens is 2. The molecule has 0 aliphatic carbocycles. The number of carbonyl (C=O) groups is 2. The third kappa shape index (κ3) is 7.98. The number of carbonyl (C=O) groups excluding carboxylic acids is 2. The zero-order valence-electron chi connectivity index (χ0n) is 29.5. The molecule has 3 aliphatic rings. The lowest BCUT2D eigenvalue weighted by Gasteiger charge is -2.29. The minimum Gasteiger partial charge on any atom is -0.346 e. The van der Waals surface area contributed by atoms with Crippen LogP contribution in [0.2, 0.25) is 0 Å². The molecule has 10 atom stereocenters. The summed E-state index contributed by atoms with van der Waals surface area (Å²) in [5.74, 6) is -2.35. The van der Waals surface area contributed by atoms with Crippen molar-refractivity contribution in [3.05, 3.63) is 33.4 Å². The van der Waals surface area contributed by atoms with Gasteiger partial charge in [-0.1, -0.05) is 27.7 Å². The fourth-order valence-electron chi connectivity index (χ4n) is 5.92. The number of imidazole rings is 2. The molecule has 0 bridgehead atoms. The smallest absolute Gasteiger partial charge is 0.325 e. The lowest BCUT2D eigenvalue weighted by molar-refractivity contribution is -0.119. The maximum atomic E-state index is 16.4. The molecule has 2 unspecified atom stereocenters. The van der Waals surface area contributed by atoms with E-state index in [0.29, 0.717) is 0 Å². The number of anilines is 2. The van der Waals surface area contributed by atoms with E-state index < -0.39 is 111 Å². The van der Waals surface area contributed by atoms with Crippen LogP contribution in [0, 0.1) is 11.8 Å². The number of nitrogens with zero attached hydrogens (tertiary/aromatic N) is 6. The first-order valence-electron chi connectivity index (χ1n) is 16.8. The van der Waals surface area contributed by atoms with Crippen molar-refractivity contribution in [2.45, 2.75) is 76.9 Å². The van der Waals surface area contributed by atoms with Crippen molar-refractivity contribution < 1.29 is 55.7 Å². The quantitative estimate of drug-likeness (QED) is 0.148. The Balaban J connectivity index is 1.15. The average molecular weight is 867 g/mol. The van der Waals surface area contributed by atoms with Gasteiger partial charge in [0.15, 0.2) is 47.1 Å². The van der Waals surface area contributed by atoms with E-state index in [1.54, 1.807) is 27.7 Å². The van der Waals surface area contributed by atoms with E-state index in [1.165, 1.54) is 0 Å². The molecule has 0 spiro atoms. The molecular weight excluding hydrogens is 832 g/mol. The number of rotatable bonds is 6. The highest BCUT2D eigenvalue weighted by Gasteiger charge is 2.54. The molecular formula is C28H34F2N10O12P2S2. The SMILES string of the molecule is CC(C)C(=O)Nc1nc2c(ncn2[C@@H]2O[C@@H]3COP(O)(=S)O[C@H]4[C@@H](F)[C@H](n5cnc6c(=O)[nH]c(NC(=O)C(C)C)nc65)O[C@@H]4COP(O)(=S)O[C@H]3[C@H]2F)c(=O)[nH]1. The van der Waals surface area contributed by atoms with E-state index in [4.69, 9.17) is 51.2 Å². The lowest BCUT2D eigenvalue weighted by atomic mass is 10.1. The Morgan fingerprint density at radius 1 is 0.786 bits per heavy atom. The summed E-state index contributed by atoms with van der Waals surface area (Å²) in [7, 11) is 0. The van der Waals surface area contributed by atoms with Crippen molar-refractivity contribution in [1.29, 1.82) is 0 Å². The standard InChI is InChI=1S/C28H34F2N10O12P2S2/c1-9(2)21(41)35-27-33-19-15(23(43)37-27)31-7-39(19)25-13(29)17-11(49-25)5-47-54(46,56)52-18-12(6-48-53(45,55)51-17)50-26(14(18)30)40-8-32-16-20(40)34-28(38-24(16)44)36-22(42)10(3)4/h7-14,17-18,25-26H,5-6H2,1-4H3,(H,45,55)(H,46,56)(H2,33,35,37,41,43)(H2,34,36,38,42,44)/t11-,12-,13-,14-,17-,18-,25-,26-,53?,54?/m1/s1. The molecule has 4 aromatic heterocycles. The van der Waals surface area contributed by atoms with Gasteiger partial charge in [-0.15, -0.1) is 0 Å². The van der Waals surface area contributed by atoms with Crippen LogP contribution < -0.4 is 21.8 Å². The highest BCUT2D eigenvalue weighted by Crippen LogP contribution is 2.54. The molecule has 2 amide bonds. The van der Waals surface area contributed by atoms with Crippen LogP contribution in [-0.4, -0.2) is 111 Å². The third-order valence-corrected chi connectivity index (χ3v) is 11.9. The molecule has 3 fully saturated rings. The number of aromatic nitrogens is 8. The van der Waals surface area contributed by atoms with Gasteiger partial charge in [0.05, 0.1) is 25.9 Å². The number of fused-ring (bicyclic) bond motifs is 4. The van der Waals surface area contributed by atoms with Gasteiger partial charge in [0.25, 0.3) is 11.1 Å².